The lowest BCUT2D eigenvalue weighted by molar-refractivity contribution is -0.122. The Kier molecular flexibility index (Phi) is 4.88. The first-order valence-electron chi connectivity index (χ1n) is 8.36. The average Bonchev–Trinajstić information content (AvgIpc) is 3.09. The van der Waals surface area contributed by atoms with E-state index in [-0.39, 0.29) is 5.57 Å². The highest BCUT2D eigenvalue weighted by Crippen LogP contribution is 2.24. The van der Waals surface area contributed by atoms with Gasteiger partial charge in [0.25, 0.3) is 11.8 Å². The van der Waals surface area contributed by atoms with Crippen LogP contribution in [0.1, 0.15) is 19.6 Å². The van der Waals surface area contributed by atoms with Crippen molar-refractivity contribution in [3.63, 3.8) is 0 Å². The van der Waals surface area contributed by atoms with Crippen molar-refractivity contribution < 1.29 is 18.8 Å². The number of para-hydroxylation sites is 1. The van der Waals surface area contributed by atoms with Gasteiger partial charge in [0.05, 0.1) is 5.69 Å². The summed E-state index contributed by atoms with van der Waals surface area (Å²) in [5.74, 6) is -0.409. The molecule has 2 aromatic rings. The van der Waals surface area contributed by atoms with E-state index in [1.165, 1.54) is 6.08 Å². The van der Waals surface area contributed by atoms with Gasteiger partial charge in [-0.05, 0) is 38.1 Å². The van der Waals surface area contributed by atoms with Gasteiger partial charge < -0.3 is 9.32 Å². The van der Waals surface area contributed by atoms with E-state index in [4.69, 9.17) is 4.42 Å². The third-order valence-electron chi connectivity index (χ3n) is 4.09. The third kappa shape index (κ3) is 3.23. The first-order chi connectivity index (χ1) is 12.5. The molecule has 0 spiro atoms. The van der Waals surface area contributed by atoms with Crippen LogP contribution in [-0.2, 0) is 9.59 Å². The molecule has 3 rings (SSSR count). The molecule has 2 heterocycles. The maximum absolute atomic E-state index is 12.7. The molecule has 1 fully saturated rings. The van der Waals surface area contributed by atoms with Crippen LogP contribution in [0, 0.1) is 0 Å². The Morgan fingerprint density at radius 2 is 1.73 bits per heavy atom. The van der Waals surface area contributed by atoms with Gasteiger partial charge >= 0.3 is 6.03 Å². The summed E-state index contributed by atoms with van der Waals surface area (Å²) in [6.07, 6.45) is 1.35. The highest BCUT2D eigenvalue weighted by molar-refractivity contribution is 6.39. The lowest BCUT2D eigenvalue weighted by Gasteiger charge is -2.26. The molecule has 26 heavy (non-hydrogen) atoms. The van der Waals surface area contributed by atoms with Crippen LogP contribution in [0.4, 0.5) is 16.4 Å². The minimum atomic E-state index is -0.772. The number of imide groups is 2. The molecule has 1 saturated heterocycles. The second-order valence-electron chi connectivity index (χ2n) is 5.64. The molecule has 7 heteroatoms. The van der Waals surface area contributed by atoms with Gasteiger partial charge in [-0.1, -0.05) is 18.2 Å². The van der Waals surface area contributed by atoms with Crippen LogP contribution in [0.25, 0.3) is 6.08 Å². The first kappa shape index (κ1) is 17.5. The summed E-state index contributed by atoms with van der Waals surface area (Å²) in [5, 5.41) is 2.19. The van der Waals surface area contributed by atoms with Gasteiger partial charge in [0.2, 0.25) is 0 Å². The molecule has 0 radical (unpaired) electrons. The van der Waals surface area contributed by atoms with Crippen molar-refractivity contribution in [1.29, 1.82) is 0 Å². The Morgan fingerprint density at radius 1 is 1.04 bits per heavy atom. The normalized spacial score (nSPS) is 16.2. The summed E-state index contributed by atoms with van der Waals surface area (Å²) in [5.41, 5.74) is 0.227. The van der Waals surface area contributed by atoms with Gasteiger partial charge in [0, 0.05) is 19.2 Å². The number of furan rings is 1. The van der Waals surface area contributed by atoms with Gasteiger partial charge in [-0.25, -0.2) is 9.69 Å². The molecule has 134 valence electrons. The monoisotopic (exact) mass is 353 g/mol. The summed E-state index contributed by atoms with van der Waals surface area (Å²) in [6, 6.07) is 11.1. The van der Waals surface area contributed by atoms with Crippen LogP contribution < -0.4 is 15.1 Å². The molecule has 7 nitrogen and oxygen atoms in total. The van der Waals surface area contributed by atoms with E-state index >= 15 is 0 Å². The van der Waals surface area contributed by atoms with Crippen molar-refractivity contribution in [3.05, 3.63) is 53.8 Å². The molecule has 1 aromatic heterocycles. The molecule has 0 bridgehead atoms. The number of carbonyl (C=O) groups is 3. The third-order valence-corrected chi connectivity index (χ3v) is 4.09. The van der Waals surface area contributed by atoms with Crippen molar-refractivity contribution in [1.82, 2.24) is 5.32 Å². The van der Waals surface area contributed by atoms with Crippen LogP contribution in [0.5, 0.6) is 0 Å². The fourth-order valence-electron chi connectivity index (χ4n) is 2.74. The van der Waals surface area contributed by atoms with Crippen molar-refractivity contribution in [2.24, 2.45) is 0 Å². The predicted octanol–water partition coefficient (Wildman–Crippen LogP) is 2.79. The fraction of sp³-hybridized carbons (Fsp3) is 0.211. The van der Waals surface area contributed by atoms with Crippen molar-refractivity contribution in [2.45, 2.75) is 13.8 Å². The fourth-order valence-corrected chi connectivity index (χ4v) is 2.74. The molecule has 1 aliphatic heterocycles. The molecule has 0 aliphatic carbocycles. The van der Waals surface area contributed by atoms with E-state index in [9.17, 15) is 14.4 Å². The number of barbiturate groups is 1. The minimum Gasteiger partial charge on any atom is -0.441 e. The van der Waals surface area contributed by atoms with Gasteiger partial charge in [0.1, 0.15) is 11.3 Å². The molecule has 0 atom stereocenters. The number of urea groups is 1. The summed E-state index contributed by atoms with van der Waals surface area (Å²) >= 11 is 0. The number of hydrogen-bond acceptors (Lipinski definition) is 5. The molecule has 0 unspecified atom stereocenters. The number of anilines is 2. The van der Waals surface area contributed by atoms with Crippen molar-refractivity contribution in [3.8, 4) is 0 Å². The van der Waals surface area contributed by atoms with Gasteiger partial charge in [0.15, 0.2) is 5.88 Å². The Bertz CT molecular complexity index is 866. The topological polar surface area (TPSA) is 82.9 Å². The number of benzene rings is 1. The van der Waals surface area contributed by atoms with Crippen LogP contribution in [-0.4, -0.2) is 30.9 Å². The molecule has 4 amide bonds. The number of nitrogens with one attached hydrogen (secondary N) is 1. The highest BCUT2D eigenvalue weighted by Gasteiger charge is 2.36. The lowest BCUT2D eigenvalue weighted by Crippen LogP contribution is -2.54. The summed E-state index contributed by atoms with van der Waals surface area (Å²) in [6.45, 7) is 5.56. The van der Waals surface area contributed by atoms with E-state index in [0.29, 0.717) is 17.3 Å². The van der Waals surface area contributed by atoms with E-state index in [0.717, 1.165) is 18.0 Å². The summed E-state index contributed by atoms with van der Waals surface area (Å²) in [4.78, 5) is 39.9. The standard InChI is InChI=1S/C19H19N3O4/c1-3-21(4-2)16-11-10-14(26-16)12-15-17(23)20-19(25)22(18(15)24)13-8-6-5-7-9-13/h5-12H,3-4H2,1-2H3,(H,20,23,25)/b15-12+. The maximum Gasteiger partial charge on any atom is 0.335 e. The second-order valence-corrected chi connectivity index (χ2v) is 5.64. The zero-order valence-electron chi connectivity index (χ0n) is 14.6. The largest absolute Gasteiger partial charge is 0.441 e. The van der Waals surface area contributed by atoms with E-state index < -0.39 is 17.8 Å². The van der Waals surface area contributed by atoms with Crippen LogP contribution >= 0.6 is 0 Å². The maximum atomic E-state index is 12.7. The van der Waals surface area contributed by atoms with Crippen molar-refractivity contribution >= 4 is 35.5 Å². The quantitative estimate of drug-likeness (QED) is 0.660. The smallest absolute Gasteiger partial charge is 0.335 e. The molecule has 1 aromatic carbocycles. The Morgan fingerprint density at radius 3 is 2.38 bits per heavy atom. The summed E-state index contributed by atoms with van der Waals surface area (Å²) in [7, 11) is 0. The number of rotatable bonds is 5. The average molecular weight is 353 g/mol. The SMILES string of the molecule is CCN(CC)c1ccc(/C=C2\C(=O)NC(=O)N(c3ccccc3)C2=O)o1. The zero-order chi connectivity index (χ0) is 18.7. The summed E-state index contributed by atoms with van der Waals surface area (Å²) < 4.78 is 5.71. The van der Waals surface area contributed by atoms with Crippen molar-refractivity contribution in [2.75, 3.05) is 22.9 Å². The molecular formula is C19H19N3O4. The van der Waals surface area contributed by atoms with Gasteiger partial charge in [-0.15, -0.1) is 0 Å². The molecule has 1 N–H and O–H groups in total. The van der Waals surface area contributed by atoms with Crippen LogP contribution in [0.15, 0.2) is 52.5 Å². The first-order valence-corrected chi connectivity index (χ1v) is 8.36. The molecular weight excluding hydrogens is 334 g/mol. The molecule has 0 saturated carbocycles. The Labute approximate surface area is 150 Å². The van der Waals surface area contributed by atoms with Crippen LogP contribution in [0.3, 0.4) is 0 Å². The number of carbonyl (C=O) groups excluding carboxylic acids is 3. The lowest BCUT2D eigenvalue weighted by atomic mass is 10.1. The van der Waals surface area contributed by atoms with E-state index in [1.807, 2.05) is 18.7 Å². The van der Waals surface area contributed by atoms with E-state index in [1.54, 1.807) is 42.5 Å². The highest BCUT2D eigenvalue weighted by atomic mass is 16.4. The second kappa shape index (κ2) is 7.26. The van der Waals surface area contributed by atoms with E-state index in [2.05, 4.69) is 5.32 Å². The predicted molar refractivity (Wildman–Crippen MR) is 97.7 cm³/mol. The zero-order valence-corrected chi connectivity index (χ0v) is 14.6. The van der Waals surface area contributed by atoms with Crippen LogP contribution in [0.2, 0.25) is 0 Å². The molecule has 1 aliphatic rings. The number of nitrogens with zero attached hydrogens (tertiary/aromatic N) is 2. The Balaban J connectivity index is 1.93. The Hall–Kier alpha value is -3.35. The minimum absolute atomic E-state index is 0.158. The van der Waals surface area contributed by atoms with Gasteiger partial charge in [-0.3, -0.25) is 14.9 Å². The van der Waals surface area contributed by atoms with Gasteiger partial charge in [-0.2, -0.15) is 0 Å². The number of amides is 4. The number of hydrogen-bond donors (Lipinski definition) is 1.